The molecule has 1 aliphatic heterocycles. The van der Waals surface area contributed by atoms with Crippen molar-refractivity contribution in [2.45, 2.75) is 39.2 Å². The summed E-state index contributed by atoms with van der Waals surface area (Å²) in [6.07, 6.45) is 6.29. The third kappa shape index (κ3) is 6.23. The van der Waals surface area contributed by atoms with E-state index >= 15 is 0 Å². The summed E-state index contributed by atoms with van der Waals surface area (Å²) in [6, 6.07) is 11.9. The van der Waals surface area contributed by atoms with Gasteiger partial charge < -0.3 is 25.3 Å². The number of hydrogen-bond acceptors (Lipinski definition) is 9. The lowest BCUT2D eigenvalue weighted by molar-refractivity contribution is 0.0188. The Bertz CT molecular complexity index is 1490. The Morgan fingerprint density at radius 2 is 1.97 bits per heavy atom. The van der Waals surface area contributed by atoms with E-state index in [1.165, 1.54) is 12.4 Å². The Hall–Kier alpha value is -4.72. The lowest BCUT2D eigenvalue weighted by Gasteiger charge is -2.33. The first-order valence-electron chi connectivity index (χ1n) is 12.9. The monoisotopic (exact) mass is 525 g/mol. The average molecular weight is 526 g/mol. The van der Waals surface area contributed by atoms with Crippen molar-refractivity contribution >= 4 is 34.3 Å². The summed E-state index contributed by atoms with van der Waals surface area (Å²) in [6.45, 7) is 7.69. The van der Waals surface area contributed by atoms with Gasteiger partial charge in [0.25, 0.3) is 0 Å². The maximum absolute atomic E-state index is 12.4. The molecule has 11 heteroatoms. The molecule has 3 N–H and O–H groups in total. The zero-order chi connectivity index (χ0) is 27.4. The molecule has 0 saturated carbocycles. The highest BCUT2D eigenvalue weighted by atomic mass is 16.6. The van der Waals surface area contributed by atoms with Gasteiger partial charge >= 0.3 is 6.09 Å². The fourth-order valence-electron chi connectivity index (χ4n) is 4.56. The lowest BCUT2D eigenvalue weighted by Crippen LogP contribution is -2.42. The number of ether oxygens (including phenoxy) is 1. The summed E-state index contributed by atoms with van der Waals surface area (Å²) in [5.74, 6) is 1.35. The second kappa shape index (κ2) is 10.9. The van der Waals surface area contributed by atoms with Gasteiger partial charge in [0.05, 0.1) is 18.1 Å². The number of piperidine rings is 1. The molecule has 39 heavy (non-hydrogen) atoms. The summed E-state index contributed by atoms with van der Waals surface area (Å²) in [7, 11) is 0. The number of aromatic nitrogens is 5. The number of benzene rings is 1. The van der Waals surface area contributed by atoms with Gasteiger partial charge in [0.15, 0.2) is 11.5 Å². The molecule has 0 bridgehead atoms. The Labute approximate surface area is 226 Å². The molecule has 0 atom stereocenters. The SMILES string of the molecule is CC(C)(C)OC(=O)N1CCC(CNc2cc(Nc3cnc(C#N)cn3)nnc2-c2cccc3[nH]ccc23)CC1. The second-order valence-corrected chi connectivity index (χ2v) is 10.6. The van der Waals surface area contributed by atoms with Crippen LogP contribution in [0.4, 0.5) is 22.1 Å². The Morgan fingerprint density at radius 1 is 1.15 bits per heavy atom. The zero-order valence-corrected chi connectivity index (χ0v) is 22.2. The number of nitrogens with one attached hydrogen (secondary N) is 3. The van der Waals surface area contributed by atoms with Crippen LogP contribution in [0.2, 0.25) is 0 Å². The summed E-state index contributed by atoms with van der Waals surface area (Å²) >= 11 is 0. The molecule has 0 spiro atoms. The van der Waals surface area contributed by atoms with Crippen molar-refractivity contribution in [2.24, 2.45) is 5.92 Å². The highest BCUT2D eigenvalue weighted by Gasteiger charge is 2.27. The summed E-state index contributed by atoms with van der Waals surface area (Å²) in [5.41, 5.74) is 3.29. The van der Waals surface area contributed by atoms with Crippen molar-refractivity contribution in [2.75, 3.05) is 30.3 Å². The highest BCUT2D eigenvalue weighted by molar-refractivity contribution is 5.97. The Kier molecular flexibility index (Phi) is 7.27. The second-order valence-electron chi connectivity index (χ2n) is 10.6. The van der Waals surface area contributed by atoms with E-state index in [-0.39, 0.29) is 11.8 Å². The van der Waals surface area contributed by atoms with E-state index < -0.39 is 5.60 Å². The van der Waals surface area contributed by atoms with Crippen LogP contribution >= 0.6 is 0 Å². The largest absolute Gasteiger partial charge is 0.444 e. The van der Waals surface area contributed by atoms with Gasteiger partial charge in [0.2, 0.25) is 0 Å². The molecule has 200 valence electrons. The molecule has 1 aromatic carbocycles. The van der Waals surface area contributed by atoms with Gasteiger partial charge in [-0.05, 0) is 51.7 Å². The highest BCUT2D eigenvalue weighted by Crippen LogP contribution is 2.33. The topological polar surface area (TPSA) is 145 Å². The fraction of sp³-hybridized carbons (Fsp3) is 0.357. The molecule has 5 rings (SSSR count). The minimum Gasteiger partial charge on any atom is -0.444 e. The van der Waals surface area contributed by atoms with Crippen LogP contribution < -0.4 is 10.6 Å². The molecular formula is C28H31N9O2. The van der Waals surface area contributed by atoms with E-state index in [1.807, 2.05) is 63.4 Å². The maximum atomic E-state index is 12.4. The molecule has 0 aliphatic carbocycles. The smallest absolute Gasteiger partial charge is 0.410 e. The molecule has 0 radical (unpaired) electrons. The van der Waals surface area contributed by atoms with Gasteiger partial charge in [-0.15, -0.1) is 10.2 Å². The van der Waals surface area contributed by atoms with Gasteiger partial charge in [-0.1, -0.05) is 12.1 Å². The molecule has 3 aromatic heterocycles. The minimum atomic E-state index is -0.502. The number of fused-ring (bicyclic) bond motifs is 1. The van der Waals surface area contributed by atoms with Crippen LogP contribution in [0.25, 0.3) is 22.2 Å². The molecule has 1 fully saturated rings. The van der Waals surface area contributed by atoms with E-state index in [9.17, 15) is 4.79 Å². The number of nitrogens with zero attached hydrogens (tertiary/aromatic N) is 6. The molecule has 4 aromatic rings. The number of H-pyrrole nitrogens is 1. The van der Waals surface area contributed by atoms with Gasteiger partial charge in [-0.3, -0.25) is 0 Å². The quantitative estimate of drug-likeness (QED) is 0.313. The molecular weight excluding hydrogens is 494 g/mol. The molecule has 4 heterocycles. The van der Waals surface area contributed by atoms with E-state index in [1.54, 1.807) is 4.90 Å². The number of carbonyl (C=O) groups is 1. The van der Waals surface area contributed by atoms with Gasteiger partial charge in [-0.25, -0.2) is 14.8 Å². The van der Waals surface area contributed by atoms with Crippen LogP contribution in [-0.4, -0.2) is 61.4 Å². The standard InChI is InChI=1S/C28H31N9O2/c1-28(2,3)39-27(38)37-11-8-18(9-12-37)15-32-23-13-24(34-25-17-31-19(14-29)16-33-25)35-36-26(23)21-5-4-6-22-20(21)7-10-30-22/h4-7,10,13,16-18,30H,8-9,11-12,15H2,1-3H3,(H2,32,33,34,35). The molecule has 1 amide bonds. The van der Waals surface area contributed by atoms with Crippen molar-refractivity contribution in [3.05, 3.63) is 54.6 Å². The summed E-state index contributed by atoms with van der Waals surface area (Å²) in [5, 5.41) is 25.7. The summed E-state index contributed by atoms with van der Waals surface area (Å²) in [4.78, 5) is 25.8. The van der Waals surface area contributed by atoms with Crippen molar-refractivity contribution in [1.82, 2.24) is 30.0 Å². The van der Waals surface area contributed by atoms with Crippen LogP contribution in [-0.2, 0) is 4.74 Å². The van der Waals surface area contributed by atoms with E-state index in [0.29, 0.717) is 30.6 Å². The Morgan fingerprint density at radius 3 is 2.69 bits per heavy atom. The summed E-state index contributed by atoms with van der Waals surface area (Å²) < 4.78 is 5.53. The minimum absolute atomic E-state index is 0.238. The predicted octanol–water partition coefficient (Wildman–Crippen LogP) is 5.09. The average Bonchev–Trinajstić information content (AvgIpc) is 3.41. The molecule has 1 aliphatic rings. The molecule has 0 unspecified atom stereocenters. The van der Waals surface area contributed by atoms with Crippen LogP contribution in [0.3, 0.4) is 0 Å². The van der Waals surface area contributed by atoms with E-state index in [2.05, 4.69) is 35.8 Å². The van der Waals surface area contributed by atoms with Crippen molar-refractivity contribution in [3.8, 4) is 17.3 Å². The number of rotatable bonds is 6. The zero-order valence-electron chi connectivity index (χ0n) is 22.2. The van der Waals surface area contributed by atoms with E-state index in [4.69, 9.17) is 10.00 Å². The number of anilines is 3. The first kappa shape index (κ1) is 25.9. The lowest BCUT2D eigenvalue weighted by atomic mass is 9.96. The number of hydrogen-bond donors (Lipinski definition) is 3. The number of nitriles is 1. The van der Waals surface area contributed by atoms with Gasteiger partial charge in [0.1, 0.15) is 23.2 Å². The number of aromatic amines is 1. The van der Waals surface area contributed by atoms with Crippen molar-refractivity contribution < 1.29 is 9.53 Å². The maximum Gasteiger partial charge on any atom is 0.410 e. The first-order valence-corrected chi connectivity index (χ1v) is 12.9. The molecule has 11 nitrogen and oxygen atoms in total. The number of likely N-dealkylation sites (tertiary alicyclic amines) is 1. The fourth-order valence-corrected chi connectivity index (χ4v) is 4.56. The Balaban J connectivity index is 1.34. The first-order chi connectivity index (χ1) is 18.8. The van der Waals surface area contributed by atoms with Crippen LogP contribution in [0.5, 0.6) is 0 Å². The van der Waals surface area contributed by atoms with Gasteiger partial charge in [0, 0.05) is 48.4 Å². The van der Waals surface area contributed by atoms with E-state index in [0.717, 1.165) is 47.2 Å². The number of amides is 1. The van der Waals surface area contributed by atoms with Crippen LogP contribution in [0, 0.1) is 17.2 Å². The van der Waals surface area contributed by atoms with Crippen molar-refractivity contribution in [3.63, 3.8) is 0 Å². The van der Waals surface area contributed by atoms with Crippen LogP contribution in [0.1, 0.15) is 39.3 Å². The number of carbonyl (C=O) groups excluding carboxylic acids is 1. The third-order valence-corrected chi connectivity index (χ3v) is 6.51. The normalized spacial score (nSPS) is 14.2. The van der Waals surface area contributed by atoms with Crippen LogP contribution in [0.15, 0.2) is 48.9 Å². The predicted molar refractivity (Wildman–Crippen MR) is 148 cm³/mol. The third-order valence-electron chi connectivity index (χ3n) is 6.51. The van der Waals surface area contributed by atoms with Gasteiger partial charge in [-0.2, -0.15) is 5.26 Å². The van der Waals surface area contributed by atoms with Crippen molar-refractivity contribution in [1.29, 1.82) is 5.26 Å². The molecule has 1 saturated heterocycles.